The van der Waals surface area contributed by atoms with E-state index >= 15 is 0 Å². The topological polar surface area (TPSA) is 41.6 Å². The number of para-hydroxylation sites is 1. The zero-order valence-electron chi connectivity index (χ0n) is 15.7. The number of ether oxygens (including phenoxy) is 1. The fourth-order valence-electron chi connectivity index (χ4n) is 2.63. The Morgan fingerprint density at radius 2 is 1.96 bits per heavy atom. The lowest BCUT2D eigenvalue weighted by atomic mass is 10.2. The van der Waals surface area contributed by atoms with Crippen LogP contribution in [0.3, 0.4) is 0 Å². The van der Waals surface area contributed by atoms with Crippen LogP contribution in [0, 0.1) is 6.92 Å². The number of nitrogens with one attached hydrogen (secondary N) is 1. The maximum atomic E-state index is 12.4. The first kappa shape index (κ1) is 20.1. The second-order valence-corrected chi connectivity index (χ2v) is 6.73. The van der Waals surface area contributed by atoms with Crippen molar-refractivity contribution in [1.82, 2.24) is 5.32 Å². The lowest BCUT2D eigenvalue weighted by Crippen LogP contribution is -2.39. The van der Waals surface area contributed by atoms with Gasteiger partial charge in [0.1, 0.15) is 5.75 Å². The normalized spacial score (nSPS) is 11.7. The molecule has 0 bridgehead atoms. The van der Waals surface area contributed by atoms with Crippen LogP contribution >= 0.6 is 11.6 Å². The molecule has 5 heteroatoms. The fourth-order valence-corrected chi connectivity index (χ4v) is 2.75. The Kier molecular flexibility index (Phi) is 7.79. The van der Waals surface area contributed by atoms with Gasteiger partial charge in [-0.1, -0.05) is 36.7 Å². The van der Waals surface area contributed by atoms with Crippen molar-refractivity contribution >= 4 is 23.2 Å². The standard InChI is InChI=1S/C21H27ClN2O2/c1-4-20(26-18-11-12-19(22)16(2)15-18)21(25)23-13-8-14-24(3)17-9-6-5-7-10-17/h5-7,9-12,15,20H,4,8,13-14H2,1-3H3,(H,23,25)/t20-/m1/s1. The minimum absolute atomic E-state index is 0.0810. The molecule has 0 saturated heterocycles. The highest BCUT2D eigenvalue weighted by atomic mass is 35.5. The molecular formula is C21H27ClN2O2. The molecule has 26 heavy (non-hydrogen) atoms. The van der Waals surface area contributed by atoms with Crippen molar-refractivity contribution in [2.75, 3.05) is 25.0 Å². The number of aryl methyl sites for hydroxylation is 1. The van der Waals surface area contributed by atoms with Gasteiger partial charge in [0, 0.05) is 30.8 Å². The fraction of sp³-hybridized carbons (Fsp3) is 0.381. The molecule has 0 aliphatic rings. The van der Waals surface area contributed by atoms with Crippen molar-refractivity contribution in [3.05, 3.63) is 59.1 Å². The van der Waals surface area contributed by atoms with Crippen molar-refractivity contribution in [2.45, 2.75) is 32.8 Å². The first-order chi connectivity index (χ1) is 12.5. The van der Waals surface area contributed by atoms with Gasteiger partial charge in [0.25, 0.3) is 5.91 Å². The molecule has 2 aromatic rings. The Balaban J connectivity index is 1.77. The first-order valence-electron chi connectivity index (χ1n) is 8.98. The SMILES string of the molecule is CC[C@@H](Oc1ccc(Cl)c(C)c1)C(=O)NCCCN(C)c1ccccc1. The van der Waals surface area contributed by atoms with E-state index < -0.39 is 6.10 Å². The molecule has 0 aliphatic carbocycles. The maximum absolute atomic E-state index is 12.4. The van der Waals surface area contributed by atoms with Crippen LogP contribution in [0.4, 0.5) is 5.69 Å². The summed E-state index contributed by atoms with van der Waals surface area (Å²) in [6.45, 7) is 5.35. The van der Waals surface area contributed by atoms with Gasteiger partial charge in [-0.2, -0.15) is 0 Å². The Bertz CT molecular complexity index is 706. The van der Waals surface area contributed by atoms with E-state index in [1.54, 1.807) is 12.1 Å². The molecule has 0 radical (unpaired) electrons. The molecule has 140 valence electrons. The number of rotatable bonds is 9. The average molecular weight is 375 g/mol. The number of halogens is 1. The molecule has 0 spiro atoms. The van der Waals surface area contributed by atoms with Gasteiger partial charge in [0.05, 0.1) is 0 Å². The summed E-state index contributed by atoms with van der Waals surface area (Å²) < 4.78 is 5.83. The lowest BCUT2D eigenvalue weighted by molar-refractivity contribution is -0.128. The van der Waals surface area contributed by atoms with Crippen LogP contribution in [0.5, 0.6) is 5.75 Å². The van der Waals surface area contributed by atoms with Crippen LogP contribution in [0.15, 0.2) is 48.5 Å². The Morgan fingerprint density at radius 3 is 2.62 bits per heavy atom. The number of anilines is 1. The lowest BCUT2D eigenvalue weighted by Gasteiger charge is -2.20. The summed E-state index contributed by atoms with van der Waals surface area (Å²) in [7, 11) is 2.05. The summed E-state index contributed by atoms with van der Waals surface area (Å²) in [5.41, 5.74) is 2.11. The third-order valence-electron chi connectivity index (χ3n) is 4.24. The summed E-state index contributed by atoms with van der Waals surface area (Å²) in [6.07, 6.45) is 0.979. The van der Waals surface area contributed by atoms with Gasteiger partial charge in [-0.3, -0.25) is 4.79 Å². The highest BCUT2D eigenvalue weighted by molar-refractivity contribution is 6.31. The molecule has 0 fully saturated rings. The predicted octanol–water partition coefficient (Wildman–Crippen LogP) is 4.45. The van der Waals surface area contributed by atoms with Crippen LogP contribution < -0.4 is 15.0 Å². The van der Waals surface area contributed by atoms with Gasteiger partial charge in [0.15, 0.2) is 6.10 Å². The smallest absolute Gasteiger partial charge is 0.261 e. The van der Waals surface area contributed by atoms with Crippen LogP contribution in [0.1, 0.15) is 25.3 Å². The summed E-state index contributed by atoms with van der Waals surface area (Å²) in [4.78, 5) is 14.5. The minimum atomic E-state index is -0.498. The van der Waals surface area contributed by atoms with E-state index in [-0.39, 0.29) is 5.91 Å². The zero-order chi connectivity index (χ0) is 18.9. The molecule has 1 N–H and O–H groups in total. The molecular weight excluding hydrogens is 348 g/mol. The number of carbonyl (C=O) groups excluding carboxylic acids is 1. The monoisotopic (exact) mass is 374 g/mol. The molecule has 0 heterocycles. The molecule has 4 nitrogen and oxygen atoms in total. The molecule has 0 aromatic heterocycles. The summed E-state index contributed by atoms with van der Waals surface area (Å²) in [6, 6.07) is 15.6. The van der Waals surface area contributed by atoms with Crippen LogP contribution in [-0.2, 0) is 4.79 Å². The molecule has 0 aliphatic heterocycles. The predicted molar refractivity (Wildman–Crippen MR) is 108 cm³/mol. The summed E-state index contributed by atoms with van der Waals surface area (Å²) in [5.74, 6) is 0.583. The zero-order valence-corrected chi connectivity index (χ0v) is 16.4. The van der Waals surface area contributed by atoms with Gasteiger partial charge < -0.3 is 15.0 Å². The average Bonchev–Trinajstić information content (AvgIpc) is 2.66. The van der Waals surface area contributed by atoms with Crippen molar-refractivity contribution in [2.24, 2.45) is 0 Å². The molecule has 1 atom stereocenters. The van der Waals surface area contributed by atoms with Crippen molar-refractivity contribution < 1.29 is 9.53 Å². The van der Waals surface area contributed by atoms with Crippen LogP contribution in [-0.4, -0.2) is 32.1 Å². The quantitative estimate of drug-likeness (QED) is 0.659. The largest absolute Gasteiger partial charge is 0.481 e. The van der Waals surface area contributed by atoms with E-state index in [0.717, 1.165) is 18.5 Å². The van der Waals surface area contributed by atoms with Gasteiger partial charge in [-0.25, -0.2) is 0 Å². The first-order valence-corrected chi connectivity index (χ1v) is 9.35. The molecule has 2 aromatic carbocycles. The second kappa shape index (κ2) is 10.1. The molecule has 1 amide bonds. The summed E-state index contributed by atoms with van der Waals surface area (Å²) in [5, 5.41) is 3.66. The third-order valence-corrected chi connectivity index (χ3v) is 4.66. The van der Waals surface area contributed by atoms with Crippen LogP contribution in [0.25, 0.3) is 0 Å². The number of hydrogen-bond donors (Lipinski definition) is 1. The van der Waals surface area contributed by atoms with E-state index in [9.17, 15) is 4.79 Å². The number of nitrogens with zero attached hydrogens (tertiary/aromatic N) is 1. The maximum Gasteiger partial charge on any atom is 0.261 e. The number of carbonyl (C=O) groups is 1. The molecule has 0 saturated carbocycles. The molecule has 0 unspecified atom stereocenters. The Hall–Kier alpha value is -2.20. The minimum Gasteiger partial charge on any atom is -0.481 e. The third kappa shape index (κ3) is 5.95. The highest BCUT2D eigenvalue weighted by Gasteiger charge is 2.18. The van der Waals surface area contributed by atoms with Gasteiger partial charge in [0.2, 0.25) is 0 Å². The van der Waals surface area contributed by atoms with Crippen molar-refractivity contribution in [1.29, 1.82) is 0 Å². The van der Waals surface area contributed by atoms with Gasteiger partial charge in [-0.15, -0.1) is 0 Å². The van der Waals surface area contributed by atoms with Crippen LogP contribution in [0.2, 0.25) is 5.02 Å². The Labute approximate surface area is 161 Å². The molecule has 2 rings (SSSR count). The van der Waals surface area contributed by atoms with Gasteiger partial charge in [-0.05, 0) is 55.7 Å². The Morgan fingerprint density at radius 1 is 1.23 bits per heavy atom. The van der Waals surface area contributed by atoms with Gasteiger partial charge >= 0.3 is 0 Å². The number of hydrogen-bond acceptors (Lipinski definition) is 3. The number of benzene rings is 2. The van der Waals surface area contributed by atoms with E-state index in [0.29, 0.717) is 23.7 Å². The highest BCUT2D eigenvalue weighted by Crippen LogP contribution is 2.22. The van der Waals surface area contributed by atoms with Crippen molar-refractivity contribution in [3.8, 4) is 5.75 Å². The summed E-state index contributed by atoms with van der Waals surface area (Å²) >= 11 is 6.03. The van der Waals surface area contributed by atoms with E-state index in [4.69, 9.17) is 16.3 Å². The second-order valence-electron chi connectivity index (χ2n) is 6.33. The number of amides is 1. The van der Waals surface area contributed by atoms with E-state index in [1.165, 1.54) is 5.69 Å². The van der Waals surface area contributed by atoms with Crippen molar-refractivity contribution in [3.63, 3.8) is 0 Å². The van der Waals surface area contributed by atoms with E-state index in [1.807, 2.05) is 38.1 Å². The van der Waals surface area contributed by atoms with E-state index in [2.05, 4.69) is 29.4 Å².